The van der Waals surface area contributed by atoms with Crippen LogP contribution < -0.4 is 10.4 Å². The second-order valence-corrected chi connectivity index (χ2v) is 7.03. The van der Waals surface area contributed by atoms with Crippen LogP contribution in [0.3, 0.4) is 0 Å². The zero-order chi connectivity index (χ0) is 20.6. The van der Waals surface area contributed by atoms with Crippen molar-refractivity contribution in [1.29, 1.82) is 5.26 Å². The summed E-state index contributed by atoms with van der Waals surface area (Å²) in [6.45, 7) is 3.89. The normalized spacial score (nSPS) is 10.5. The van der Waals surface area contributed by atoms with Crippen molar-refractivity contribution in [1.82, 2.24) is 5.43 Å². The molecule has 0 aliphatic rings. The number of benzene rings is 3. The molecule has 0 aliphatic carbocycles. The summed E-state index contributed by atoms with van der Waals surface area (Å²) >= 11 is 3.45. The van der Waals surface area contributed by atoms with E-state index in [9.17, 15) is 10.4 Å². The van der Waals surface area contributed by atoms with Crippen molar-refractivity contribution in [2.45, 2.75) is 6.54 Å². The van der Waals surface area contributed by atoms with Crippen LogP contribution in [0.4, 0.5) is 5.69 Å². The number of hydrazine groups is 1. The van der Waals surface area contributed by atoms with Crippen LogP contribution in [-0.2, 0) is 6.54 Å². The summed E-state index contributed by atoms with van der Waals surface area (Å²) in [7, 11) is 0. The molecule has 0 unspecified atom stereocenters. The summed E-state index contributed by atoms with van der Waals surface area (Å²) in [4.78, 5) is 0. The predicted molar refractivity (Wildman–Crippen MR) is 120 cm³/mol. The van der Waals surface area contributed by atoms with Gasteiger partial charge >= 0.3 is 0 Å². The average molecular weight is 448 g/mol. The summed E-state index contributed by atoms with van der Waals surface area (Å²) < 4.78 is 1.01. The predicted octanol–water partition coefficient (Wildman–Crippen LogP) is 4.85. The molecule has 0 saturated carbocycles. The first-order valence-electron chi connectivity index (χ1n) is 8.70. The Morgan fingerprint density at radius 2 is 1.83 bits per heavy atom. The summed E-state index contributed by atoms with van der Waals surface area (Å²) in [5.41, 5.74) is 7.17. The molecule has 29 heavy (non-hydrogen) atoms. The molecular weight excluding hydrogens is 430 g/mol. The van der Waals surface area contributed by atoms with E-state index in [0.29, 0.717) is 12.1 Å². The number of halogens is 1. The largest absolute Gasteiger partial charge is 0.508 e. The molecule has 0 heterocycles. The molecule has 0 saturated heterocycles. The molecular formula is C22H18BrN5O. The average Bonchev–Trinajstić information content (AvgIpc) is 2.75. The van der Waals surface area contributed by atoms with Gasteiger partial charge in [-0.05, 0) is 53.6 Å². The highest BCUT2D eigenvalue weighted by Crippen LogP contribution is 2.29. The maximum atomic E-state index is 9.56. The van der Waals surface area contributed by atoms with E-state index < -0.39 is 0 Å². The van der Waals surface area contributed by atoms with E-state index in [1.165, 1.54) is 6.34 Å². The molecule has 0 amide bonds. The van der Waals surface area contributed by atoms with Crippen molar-refractivity contribution < 1.29 is 5.11 Å². The molecule has 6 nitrogen and oxygen atoms in total. The quantitative estimate of drug-likeness (QED) is 0.308. The lowest BCUT2D eigenvalue weighted by Crippen LogP contribution is -2.36. The molecule has 0 aliphatic heterocycles. The molecule has 3 aromatic carbocycles. The molecule has 3 aromatic rings. The minimum Gasteiger partial charge on any atom is -0.508 e. The fourth-order valence-electron chi connectivity index (χ4n) is 2.80. The first-order valence-corrected chi connectivity index (χ1v) is 9.49. The summed E-state index contributed by atoms with van der Waals surface area (Å²) in [6, 6.07) is 22.6. The number of anilines is 1. The number of phenolic OH excluding ortho intramolecular Hbond substituents is 1. The highest BCUT2D eigenvalue weighted by molar-refractivity contribution is 9.10. The Morgan fingerprint density at radius 1 is 1.10 bits per heavy atom. The minimum atomic E-state index is 0.176. The van der Waals surface area contributed by atoms with Crippen LogP contribution in [0.5, 0.6) is 5.75 Å². The van der Waals surface area contributed by atoms with E-state index in [1.54, 1.807) is 30.3 Å². The van der Waals surface area contributed by atoms with Gasteiger partial charge in [0.25, 0.3) is 0 Å². The highest BCUT2D eigenvalue weighted by Gasteiger charge is 2.12. The Hall–Kier alpha value is -3.63. The molecule has 0 aromatic heterocycles. The number of nitrogens with one attached hydrogen (secondary N) is 1. The molecule has 2 N–H and O–H groups in total. The Kier molecular flexibility index (Phi) is 6.61. The van der Waals surface area contributed by atoms with Crippen molar-refractivity contribution in [3.05, 3.63) is 82.3 Å². The number of phenols is 1. The monoisotopic (exact) mass is 447 g/mol. The zero-order valence-corrected chi connectivity index (χ0v) is 17.0. The topological polar surface area (TPSA) is 84.0 Å². The number of rotatable bonds is 7. The van der Waals surface area contributed by atoms with Gasteiger partial charge in [0.15, 0.2) is 0 Å². The van der Waals surface area contributed by atoms with E-state index in [1.807, 2.05) is 41.4 Å². The number of hydrogen-bond acceptors (Lipinski definition) is 5. The van der Waals surface area contributed by atoms with Crippen LogP contribution in [0, 0.1) is 11.3 Å². The van der Waals surface area contributed by atoms with Crippen molar-refractivity contribution in [2.75, 3.05) is 5.01 Å². The van der Waals surface area contributed by atoms with Crippen molar-refractivity contribution in [3.63, 3.8) is 0 Å². The molecule has 0 fully saturated rings. The lowest BCUT2D eigenvalue weighted by molar-refractivity contribution is 0.475. The standard InChI is InChI=1S/C22H18BrN5O/c1-25-26-15-27-28(14-16-2-7-19(23)8-3-16)20-9-4-18(13-24)22(12-20)17-5-10-21(29)11-6-17/h2-12,15,29H,1,14H2,(H,26,27). The van der Waals surface area contributed by atoms with Crippen LogP contribution in [0.1, 0.15) is 11.1 Å². The van der Waals surface area contributed by atoms with Crippen LogP contribution in [-0.4, -0.2) is 18.2 Å². The van der Waals surface area contributed by atoms with Crippen molar-refractivity contribution in [3.8, 4) is 22.9 Å². The van der Waals surface area contributed by atoms with Gasteiger partial charge in [0.1, 0.15) is 12.1 Å². The number of aromatic hydroxyl groups is 1. The number of nitriles is 1. The van der Waals surface area contributed by atoms with Gasteiger partial charge in [-0.2, -0.15) is 10.4 Å². The van der Waals surface area contributed by atoms with Gasteiger partial charge in [-0.1, -0.05) is 40.2 Å². The molecule has 3 rings (SSSR count). The van der Waals surface area contributed by atoms with Gasteiger partial charge in [-0.25, -0.2) is 0 Å². The number of hydrogen-bond donors (Lipinski definition) is 2. The molecule has 0 atom stereocenters. The third-order valence-electron chi connectivity index (χ3n) is 4.22. The van der Waals surface area contributed by atoms with Gasteiger partial charge in [-0.15, -0.1) is 5.10 Å². The maximum absolute atomic E-state index is 9.56. The van der Waals surface area contributed by atoms with Gasteiger partial charge in [0.2, 0.25) is 0 Å². The van der Waals surface area contributed by atoms with Crippen LogP contribution in [0.15, 0.2) is 81.4 Å². The van der Waals surface area contributed by atoms with Crippen LogP contribution >= 0.6 is 15.9 Å². The molecule has 144 valence electrons. The highest BCUT2D eigenvalue weighted by atomic mass is 79.9. The van der Waals surface area contributed by atoms with Gasteiger partial charge < -0.3 is 5.11 Å². The van der Waals surface area contributed by atoms with Crippen LogP contribution in [0.2, 0.25) is 0 Å². The van der Waals surface area contributed by atoms with E-state index in [-0.39, 0.29) is 5.75 Å². The second kappa shape index (κ2) is 9.53. The van der Waals surface area contributed by atoms with Gasteiger partial charge in [-0.3, -0.25) is 10.4 Å². The molecule has 0 spiro atoms. The Bertz CT molecular complexity index is 1060. The first-order chi connectivity index (χ1) is 14.1. The maximum Gasteiger partial charge on any atom is 0.130 e. The van der Waals surface area contributed by atoms with Gasteiger partial charge in [0.05, 0.1) is 23.9 Å². The summed E-state index contributed by atoms with van der Waals surface area (Å²) in [6.07, 6.45) is 1.45. The Labute approximate surface area is 177 Å². The lowest BCUT2D eigenvalue weighted by atomic mass is 9.99. The zero-order valence-electron chi connectivity index (χ0n) is 15.5. The van der Waals surface area contributed by atoms with Crippen molar-refractivity contribution in [2.24, 2.45) is 10.2 Å². The minimum absolute atomic E-state index is 0.176. The molecule has 0 bridgehead atoms. The van der Waals surface area contributed by atoms with E-state index in [2.05, 4.69) is 44.3 Å². The smallest absolute Gasteiger partial charge is 0.130 e. The SMILES string of the molecule is C=N/N=C\NN(Cc1ccc(Br)cc1)c1ccc(C#N)c(-c2ccc(O)cc2)c1. The third kappa shape index (κ3) is 5.21. The number of nitrogens with zero attached hydrogens (tertiary/aromatic N) is 4. The van der Waals surface area contributed by atoms with Crippen LogP contribution in [0.25, 0.3) is 11.1 Å². The molecule has 7 heteroatoms. The third-order valence-corrected chi connectivity index (χ3v) is 4.75. The van der Waals surface area contributed by atoms with E-state index >= 15 is 0 Å². The molecule has 0 radical (unpaired) electrons. The second-order valence-electron chi connectivity index (χ2n) is 6.12. The van der Waals surface area contributed by atoms with E-state index in [0.717, 1.165) is 26.9 Å². The Morgan fingerprint density at radius 3 is 2.48 bits per heavy atom. The summed E-state index contributed by atoms with van der Waals surface area (Å²) in [5.74, 6) is 0.176. The van der Waals surface area contributed by atoms with E-state index in [4.69, 9.17) is 0 Å². The first kappa shape index (κ1) is 20.1. The summed E-state index contributed by atoms with van der Waals surface area (Å²) in [5, 5.41) is 28.2. The fraction of sp³-hybridized carbons (Fsp3) is 0.0455. The van der Waals surface area contributed by atoms with Gasteiger partial charge in [0, 0.05) is 16.8 Å². The lowest BCUT2D eigenvalue weighted by Gasteiger charge is -2.25. The van der Waals surface area contributed by atoms with Crippen molar-refractivity contribution >= 4 is 34.7 Å². The fourth-order valence-corrected chi connectivity index (χ4v) is 3.06. The Balaban J connectivity index is 1.99.